The van der Waals surface area contributed by atoms with Crippen LogP contribution in [0.4, 0.5) is 0 Å². The zero-order valence-corrected chi connectivity index (χ0v) is 11.2. The fourth-order valence-corrected chi connectivity index (χ4v) is 2.51. The van der Waals surface area contributed by atoms with E-state index in [4.69, 9.17) is 5.11 Å². The highest BCUT2D eigenvalue weighted by atomic mass is 16.3. The summed E-state index contributed by atoms with van der Waals surface area (Å²) in [7, 11) is 0. The maximum Gasteiger partial charge on any atom is 0.220 e. The molecule has 0 aliphatic heterocycles. The third-order valence-electron chi connectivity index (χ3n) is 3.85. The molecule has 0 aromatic heterocycles. The second kappa shape index (κ2) is 7.70. The quantitative estimate of drug-likeness (QED) is 0.750. The number of rotatable bonds is 6. The van der Waals surface area contributed by atoms with Crippen LogP contribution in [0, 0.1) is 11.8 Å². The Morgan fingerprint density at radius 3 is 2.47 bits per heavy atom. The van der Waals surface area contributed by atoms with Crippen LogP contribution in [-0.4, -0.2) is 23.7 Å². The van der Waals surface area contributed by atoms with E-state index in [2.05, 4.69) is 5.32 Å². The lowest BCUT2D eigenvalue weighted by molar-refractivity contribution is -0.122. The molecule has 1 rings (SSSR count). The minimum Gasteiger partial charge on any atom is -0.394 e. The molecule has 3 nitrogen and oxygen atoms in total. The van der Waals surface area contributed by atoms with E-state index in [-0.39, 0.29) is 18.6 Å². The lowest BCUT2D eigenvalue weighted by Crippen LogP contribution is -2.41. The van der Waals surface area contributed by atoms with Crippen molar-refractivity contribution in [3.05, 3.63) is 0 Å². The first-order valence-corrected chi connectivity index (χ1v) is 7.03. The van der Waals surface area contributed by atoms with Crippen molar-refractivity contribution in [1.29, 1.82) is 0 Å². The molecule has 0 aromatic rings. The molecule has 2 N–H and O–H groups in total. The lowest BCUT2D eigenvalue weighted by atomic mass is 9.86. The molecular formula is C14H27NO2. The van der Waals surface area contributed by atoms with Crippen molar-refractivity contribution in [2.24, 2.45) is 11.8 Å². The number of aliphatic hydroxyl groups is 1. The van der Waals surface area contributed by atoms with Crippen molar-refractivity contribution in [3.63, 3.8) is 0 Å². The summed E-state index contributed by atoms with van der Waals surface area (Å²) < 4.78 is 0. The molecule has 1 aliphatic carbocycles. The molecule has 1 fully saturated rings. The highest BCUT2D eigenvalue weighted by molar-refractivity contribution is 5.76. The summed E-state index contributed by atoms with van der Waals surface area (Å²) in [5.41, 5.74) is 0. The predicted octanol–water partition coefficient (Wildman–Crippen LogP) is 2.48. The minimum absolute atomic E-state index is 0.0346. The van der Waals surface area contributed by atoms with Gasteiger partial charge >= 0.3 is 0 Å². The standard InChI is InChI=1S/C14H27NO2/c1-11(2)13(10-16)15-14(17)9-8-12-6-4-3-5-7-12/h11-13,16H,3-10H2,1-2H3,(H,15,17). The molecule has 1 aliphatic rings. The van der Waals surface area contributed by atoms with Crippen LogP contribution < -0.4 is 5.32 Å². The van der Waals surface area contributed by atoms with Gasteiger partial charge in [0.2, 0.25) is 5.91 Å². The molecule has 1 amide bonds. The zero-order chi connectivity index (χ0) is 12.7. The Bertz CT molecular complexity index is 222. The van der Waals surface area contributed by atoms with Crippen LogP contribution in [0.1, 0.15) is 58.8 Å². The van der Waals surface area contributed by atoms with Crippen molar-refractivity contribution in [1.82, 2.24) is 5.32 Å². The second-order valence-electron chi connectivity index (χ2n) is 5.64. The van der Waals surface area contributed by atoms with Gasteiger partial charge in [-0.1, -0.05) is 46.0 Å². The Labute approximate surface area is 105 Å². The van der Waals surface area contributed by atoms with Gasteiger partial charge in [0.05, 0.1) is 12.6 Å². The third-order valence-corrected chi connectivity index (χ3v) is 3.85. The third kappa shape index (κ3) is 5.53. The first-order chi connectivity index (χ1) is 8.13. The van der Waals surface area contributed by atoms with E-state index in [0.29, 0.717) is 12.3 Å². The SMILES string of the molecule is CC(C)C(CO)NC(=O)CCC1CCCCC1. The molecule has 0 bridgehead atoms. The van der Waals surface area contributed by atoms with Crippen molar-refractivity contribution in [2.75, 3.05) is 6.61 Å². The maximum atomic E-state index is 11.7. The summed E-state index contributed by atoms with van der Waals surface area (Å²) in [5.74, 6) is 1.14. The van der Waals surface area contributed by atoms with E-state index in [9.17, 15) is 4.79 Å². The summed E-state index contributed by atoms with van der Waals surface area (Å²) >= 11 is 0. The lowest BCUT2D eigenvalue weighted by Gasteiger charge is -2.23. The van der Waals surface area contributed by atoms with E-state index in [1.807, 2.05) is 13.8 Å². The number of carbonyl (C=O) groups excluding carboxylic acids is 1. The number of amides is 1. The summed E-state index contributed by atoms with van der Waals surface area (Å²) in [4.78, 5) is 11.7. The maximum absolute atomic E-state index is 11.7. The smallest absolute Gasteiger partial charge is 0.220 e. The van der Waals surface area contributed by atoms with Crippen molar-refractivity contribution >= 4 is 5.91 Å². The average molecular weight is 241 g/mol. The first kappa shape index (κ1) is 14.5. The Kier molecular flexibility index (Phi) is 6.56. The summed E-state index contributed by atoms with van der Waals surface area (Å²) in [6.07, 6.45) is 8.25. The van der Waals surface area contributed by atoms with Crippen molar-refractivity contribution in [3.8, 4) is 0 Å². The molecule has 1 unspecified atom stereocenters. The highest BCUT2D eigenvalue weighted by Gasteiger charge is 2.17. The van der Waals surface area contributed by atoms with Crippen LogP contribution in [0.15, 0.2) is 0 Å². The fraction of sp³-hybridized carbons (Fsp3) is 0.929. The van der Waals surface area contributed by atoms with Gasteiger partial charge in [0.15, 0.2) is 0 Å². The molecule has 0 heterocycles. The molecule has 1 atom stereocenters. The van der Waals surface area contributed by atoms with Crippen LogP contribution in [0.2, 0.25) is 0 Å². The Balaban J connectivity index is 2.19. The van der Waals surface area contributed by atoms with E-state index >= 15 is 0 Å². The van der Waals surface area contributed by atoms with Crippen LogP contribution >= 0.6 is 0 Å². The molecule has 0 radical (unpaired) electrons. The molecule has 1 saturated carbocycles. The van der Waals surface area contributed by atoms with Crippen LogP contribution in [0.25, 0.3) is 0 Å². The van der Waals surface area contributed by atoms with Gasteiger partial charge in [-0.15, -0.1) is 0 Å². The zero-order valence-electron chi connectivity index (χ0n) is 11.2. The molecule has 100 valence electrons. The topological polar surface area (TPSA) is 49.3 Å². The van der Waals surface area contributed by atoms with E-state index in [1.54, 1.807) is 0 Å². The van der Waals surface area contributed by atoms with Gasteiger partial charge in [-0.05, 0) is 18.3 Å². The molecule has 0 spiro atoms. The van der Waals surface area contributed by atoms with Gasteiger partial charge in [-0.2, -0.15) is 0 Å². The van der Waals surface area contributed by atoms with Gasteiger partial charge in [-0.3, -0.25) is 4.79 Å². The normalized spacial score (nSPS) is 19.3. The highest BCUT2D eigenvalue weighted by Crippen LogP contribution is 2.27. The van der Waals surface area contributed by atoms with Gasteiger partial charge < -0.3 is 10.4 Å². The van der Waals surface area contributed by atoms with Gasteiger partial charge in [0, 0.05) is 6.42 Å². The largest absolute Gasteiger partial charge is 0.394 e. The van der Waals surface area contributed by atoms with Gasteiger partial charge in [0.1, 0.15) is 0 Å². The molecule has 3 heteroatoms. The van der Waals surface area contributed by atoms with Crippen LogP contribution in [0.5, 0.6) is 0 Å². The molecular weight excluding hydrogens is 214 g/mol. The fourth-order valence-electron chi connectivity index (χ4n) is 2.51. The van der Waals surface area contributed by atoms with E-state index in [0.717, 1.165) is 12.3 Å². The van der Waals surface area contributed by atoms with Gasteiger partial charge in [0.25, 0.3) is 0 Å². The van der Waals surface area contributed by atoms with Crippen LogP contribution in [-0.2, 0) is 4.79 Å². The summed E-state index contributed by atoms with van der Waals surface area (Å²) in [6, 6.07) is -0.0890. The van der Waals surface area contributed by atoms with Crippen LogP contribution in [0.3, 0.4) is 0 Å². The monoisotopic (exact) mass is 241 g/mol. The number of hydrogen-bond donors (Lipinski definition) is 2. The second-order valence-corrected chi connectivity index (χ2v) is 5.64. The summed E-state index contributed by atoms with van der Waals surface area (Å²) in [6.45, 7) is 4.07. The first-order valence-electron chi connectivity index (χ1n) is 7.03. The molecule has 0 saturated heterocycles. The van der Waals surface area contributed by atoms with Crippen molar-refractivity contribution < 1.29 is 9.90 Å². The molecule has 0 aromatic carbocycles. The number of carbonyl (C=O) groups is 1. The Morgan fingerprint density at radius 2 is 1.94 bits per heavy atom. The van der Waals surface area contributed by atoms with Crippen molar-refractivity contribution in [2.45, 2.75) is 64.8 Å². The van der Waals surface area contributed by atoms with E-state index < -0.39 is 0 Å². The minimum atomic E-state index is -0.0890. The van der Waals surface area contributed by atoms with Gasteiger partial charge in [-0.25, -0.2) is 0 Å². The van der Waals surface area contributed by atoms with E-state index in [1.165, 1.54) is 32.1 Å². The predicted molar refractivity (Wildman–Crippen MR) is 69.7 cm³/mol. The number of nitrogens with one attached hydrogen (secondary N) is 1. The number of hydrogen-bond acceptors (Lipinski definition) is 2. The summed E-state index contributed by atoms with van der Waals surface area (Å²) in [5, 5.41) is 12.1. The molecule has 17 heavy (non-hydrogen) atoms. The Hall–Kier alpha value is -0.570. The Morgan fingerprint density at radius 1 is 1.29 bits per heavy atom. The average Bonchev–Trinajstić information content (AvgIpc) is 2.34. The number of aliphatic hydroxyl groups excluding tert-OH is 1.